The SMILES string of the molecule is CCCNC(=O)[C@H]1[C@H]2C(=O)N([C@@H](CO)Cc3ccccc3)C(C(=O)NCc3ccccc3)C23CC(Br)[C@@H]1O3. The largest absolute Gasteiger partial charge is 0.394 e. The van der Waals surface area contributed by atoms with E-state index in [4.69, 9.17) is 4.74 Å². The molecule has 2 aromatic rings. The van der Waals surface area contributed by atoms with Crippen molar-refractivity contribution in [3.8, 4) is 0 Å². The average Bonchev–Trinajstić information content (AvgIpc) is 3.53. The molecule has 0 aromatic heterocycles. The molecule has 3 aliphatic rings. The molecule has 8 nitrogen and oxygen atoms in total. The van der Waals surface area contributed by atoms with E-state index in [2.05, 4.69) is 26.6 Å². The summed E-state index contributed by atoms with van der Waals surface area (Å²) >= 11 is 3.69. The van der Waals surface area contributed by atoms with Crippen LogP contribution in [0.4, 0.5) is 0 Å². The summed E-state index contributed by atoms with van der Waals surface area (Å²) in [7, 11) is 0. The number of nitrogens with one attached hydrogen (secondary N) is 2. The van der Waals surface area contributed by atoms with Gasteiger partial charge in [-0.15, -0.1) is 0 Å². The Kier molecular flexibility index (Phi) is 7.88. The number of hydrogen-bond acceptors (Lipinski definition) is 5. The summed E-state index contributed by atoms with van der Waals surface area (Å²) in [6, 6.07) is 17.5. The summed E-state index contributed by atoms with van der Waals surface area (Å²) in [5, 5.41) is 16.4. The Morgan fingerprint density at radius 3 is 2.37 bits per heavy atom. The first-order valence-electron chi connectivity index (χ1n) is 13.3. The van der Waals surface area contributed by atoms with E-state index in [1.165, 1.54) is 4.90 Å². The van der Waals surface area contributed by atoms with Crippen molar-refractivity contribution in [2.45, 2.75) is 61.3 Å². The van der Waals surface area contributed by atoms with Crippen LogP contribution in [0.15, 0.2) is 60.7 Å². The highest BCUT2D eigenvalue weighted by Gasteiger charge is 2.77. The van der Waals surface area contributed by atoms with E-state index in [9.17, 15) is 19.5 Å². The van der Waals surface area contributed by atoms with Gasteiger partial charge in [-0.25, -0.2) is 0 Å². The summed E-state index contributed by atoms with van der Waals surface area (Å²) in [5.74, 6) is -2.38. The number of aliphatic hydroxyl groups is 1. The van der Waals surface area contributed by atoms with Crippen LogP contribution in [0.1, 0.15) is 30.9 Å². The first kappa shape index (κ1) is 26.8. The second-order valence-electron chi connectivity index (χ2n) is 10.4. The van der Waals surface area contributed by atoms with Gasteiger partial charge in [0, 0.05) is 17.9 Å². The number of amides is 3. The number of benzene rings is 2. The lowest BCUT2D eigenvalue weighted by Crippen LogP contribution is -2.58. The van der Waals surface area contributed by atoms with Gasteiger partial charge in [0.05, 0.1) is 30.6 Å². The van der Waals surface area contributed by atoms with Crippen LogP contribution >= 0.6 is 15.9 Å². The normalized spacial score (nSPS) is 30.2. The zero-order valence-corrected chi connectivity index (χ0v) is 23.0. The number of hydrogen-bond donors (Lipinski definition) is 3. The third-order valence-corrected chi connectivity index (χ3v) is 8.90. The highest BCUT2D eigenvalue weighted by Crippen LogP contribution is 2.60. The molecular formula is C29H34BrN3O5. The number of carbonyl (C=O) groups excluding carboxylic acids is 3. The van der Waals surface area contributed by atoms with Crippen molar-refractivity contribution in [2.24, 2.45) is 11.8 Å². The minimum Gasteiger partial charge on any atom is -0.394 e. The third-order valence-electron chi connectivity index (χ3n) is 8.06. The Bertz CT molecular complexity index is 1170. The van der Waals surface area contributed by atoms with Crippen molar-refractivity contribution in [3.05, 3.63) is 71.8 Å². The monoisotopic (exact) mass is 583 g/mol. The Hall–Kier alpha value is -2.75. The average molecular weight is 585 g/mol. The molecule has 3 aliphatic heterocycles. The summed E-state index contributed by atoms with van der Waals surface area (Å²) in [6.07, 6.45) is 1.07. The highest BCUT2D eigenvalue weighted by atomic mass is 79.9. The maximum Gasteiger partial charge on any atom is 0.246 e. The van der Waals surface area contributed by atoms with Crippen LogP contribution in [0.5, 0.6) is 0 Å². The number of nitrogens with zero attached hydrogens (tertiary/aromatic N) is 1. The number of likely N-dealkylation sites (tertiary alicyclic amines) is 1. The Balaban J connectivity index is 1.51. The number of halogens is 1. The number of carbonyl (C=O) groups is 3. The molecule has 3 unspecified atom stereocenters. The molecule has 9 heteroatoms. The fourth-order valence-electron chi connectivity index (χ4n) is 6.44. The minimum atomic E-state index is -1.16. The molecule has 3 fully saturated rings. The quantitative estimate of drug-likeness (QED) is 0.372. The van der Waals surface area contributed by atoms with Crippen molar-refractivity contribution in [1.29, 1.82) is 0 Å². The highest BCUT2D eigenvalue weighted by molar-refractivity contribution is 9.09. The van der Waals surface area contributed by atoms with Gasteiger partial charge in [-0.3, -0.25) is 14.4 Å². The van der Waals surface area contributed by atoms with Crippen molar-refractivity contribution in [1.82, 2.24) is 15.5 Å². The fraction of sp³-hybridized carbons (Fsp3) is 0.483. The van der Waals surface area contributed by atoms with Gasteiger partial charge in [-0.1, -0.05) is 83.5 Å². The Morgan fingerprint density at radius 1 is 1.08 bits per heavy atom. The van der Waals surface area contributed by atoms with Crippen LogP contribution in [0.2, 0.25) is 0 Å². The van der Waals surface area contributed by atoms with Gasteiger partial charge in [0.1, 0.15) is 11.6 Å². The molecule has 3 heterocycles. The summed E-state index contributed by atoms with van der Waals surface area (Å²) in [6.45, 7) is 2.45. The van der Waals surface area contributed by atoms with Gasteiger partial charge in [0.15, 0.2) is 0 Å². The lowest BCUT2D eigenvalue weighted by atomic mass is 9.70. The van der Waals surface area contributed by atoms with Crippen molar-refractivity contribution in [2.75, 3.05) is 13.2 Å². The van der Waals surface area contributed by atoms with Crippen LogP contribution in [-0.4, -0.2) is 69.5 Å². The standard InChI is InChI=1S/C29H34BrN3O5/c1-2-13-31-26(35)22-23-28(37)33(20(17-34)14-18-9-5-3-6-10-18)25(29(23)15-21(30)24(22)38-29)27(36)32-16-19-11-7-4-8-12-19/h3-12,20-25,34H,2,13-17H2,1H3,(H,31,35)(H,32,36)/t20-,21?,22+,23+,24+,25?,29?/m1/s1. The first-order valence-corrected chi connectivity index (χ1v) is 14.2. The molecule has 0 radical (unpaired) electrons. The van der Waals surface area contributed by atoms with E-state index in [-0.39, 0.29) is 29.2 Å². The number of alkyl halides is 1. The molecule has 1 spiro atoms. The molecule has 5 rings (SSSR count). The van der Waals surface area contributed by atoms with Crippen LogP contribution in [-0.2, 0) is 32.1 Å². The van der Waals surface area contributed by atoms with Gasteiger partial charge in [-0.2, -0.15) is 0 Å². The van der Waals surface area contributed by atoms with Crippen molar-refractivity contribution >= 4 is 33.7 Å². The molecule has 3 saturated heterocycles. The Morgan fingerprint density at radius 2 is 1.74 bits per heavy atom. The summed E-state index contributed by atoms with van der Waals surface area (Å²) < 4.78 is 6.53. The summed E-state index contributed by atoms with van der Waals surface area (Å²) in [5.41, 5.74) is 0.716. The second-order valence-corrected chi connectivity index (χ2v) is 11.6. The lowest BCUT2D eigenvalue weighted by molar-refractivity contribution is -0.145. The van der Waals surface area contributed by atoms with E-state index < -0.39 is 35.6 Å². The molecule has 38 heavy (non-hydrogen) atoms. The number of fused-ring (bicyclic) bond motifs is 1. The van der Waals surface area contributed by atoms with E-state index >= 15 is 0 Å². The number of ether oxygens (including phenoxy) is 1. The Labute approximate surface area is 231 Å². The zero-order valence-electron chi connectivity index (χ0n) is 21.4. The van der Waals surface area contributed by atoms with E-state index in [1.54, 1.807) is 0 Å². The van der Waals surface area contributed by atoms with Gasteiger partial charge < -0.3 is 25.4 Å². The maximum absolute atomic E-state index is 14.2. The molecule has 0 saturated carbocycles. The van der Waals surface area contributed by atoms with E-state index in [0.29, 0.717) is 25.9 Å². The molecule has 0 aliphatic carbocycles. The van der Waals surface area contributed by atoms with Crippen molar-refractivity contribution in [3.63, 3.8) is 0 Å². The van der Waals surface area contributed by atoms with Gasteiger partial charge in [-0.05, 0) is 30.4 Å². The first-order chi connectivity index (χ1) is 18.4. The van der Waals surface area contributed by atoms with Crippen molar-refractivity contribution < 1.29 is 24.2 Å². The van der Waals surface area contributed by atoms with Gasteiger partial charge in [0.25, 0.3) is 0 Å². The maximum atomic E-state index is 14.2. The number of aliphatic hydroxyl groups excluding tert-OH is 1. The zero-order chi connectivity index (χ0) is 26.9. The minimum absolute atomic E-state index is 0.171. The molecular weight excluding hydrogens is 550 g/mol. The second kappa shape index (κ2) is 11.2. The fourth-order valence-corrected chi connectivity index (χ4v) is 7.39. The van der Waals surface area contributed by atoms with E-state index in [0.717, 1.165) is 17.5 Å². The lowest BCUT2D eigenvalue weighted by Gasteiger charge is -2.37. The smallest absolute Gasteiger partial charge is 0.246 e. The predicted octanol–water partition coefficient (Wildman–Crippen LogP) is 2.18. The topological polar surface area (TPSA) is 108 Å². The van der Waals surface area contributed by atoms with E-state index in [1.807, 2.05) is 67.6 Å². The van der Waals surface area contributed by atoms with Gasteiger partial charge >= 0.3 is 0 Å². The van der Waals surface area contributed by atoms with Crippen LogP contribution in [0.3, 0.4) is 0 Å². The molecule has 3 amide bonds. The molecule has 2 aromatic carbocycles. The molecule has 202 valence electrons. The van der Waals surface area contributed by atoms with Crippen LogP contribution in [0.25, 0.3) is 0 Å². The predicted molar refractivity (Wildman–Crippen MR) is 145 cm³/mol. The number of rotatable bonds is 10. The molecule has 7 atom stereocenters. The van der Waals surface area contributed by atoms with Crippen LogP contribution < -0.4 is 10.6 Å². The summed E-state index contributed by atoms with van der Waals surface area (Å²) in [4.78, 5) is 42.8. The molecule has 2 bridgehead atoms. The van der Waals surface area contributed by atoms with Crippen LogP contribution in [0, 0.1) is 11.8 Å². The van der Waals surface area contributed by atoms with Gasteiger partial charge in [0.2, 0.25) is 17.7 Å². The third kappa shape index (κ3) is 4.65. The molecule has 3 N–H and O–H groups in total.